The molecule has 2 amide bonds. The fourth-order valence-electron chi connectivity index (χ4n) is 3.65. The van der Waals surface area contributed by atoms with Gasteiger partial charge in [-0.1, -0.05) is 12.8 Å². The quantitative estimate of drug-likeness (QED) is 0.841. The molecule has 3 rings (SSSR count). The van der Waals surface area contributed by atoms with Gasteiger partial charge in [-0.3, -0.25) is 9.59 Å². The maximum absolute atomic E-state index is 12.3. The van der Waals surface area contributed by atoms with E-state index in [1.165, 1.54) is 12.8 Å². The summed E-state index contributed by atoms with van der Waals surface area (Å²) in [5.74, 6) is 0.0780. The van der Waals surface area contributed by atoms with Crippen LogP contribution in [0.25, 0.3) is 0 Å². The topological polar surface area (TPSA) is 58.6 Å². The molecule has 3 aliphatic rings. The Morgan fingerprint density at radius 1 is 1.15 bits per heavy atom. The smallest absolute Gasteiger partial charge is 0.225 e. The summed E-state index contributed by atoms with van der Waals surface area (Å²) < 4.78 is 5.34. The van der Waals surface area contributed by atoms with Crippen LogP contribution < -0.4 is 5.32 Å². The molecule has 2 heterocycles. The third-order valence-electron chi connectivity index (χ3n) is 4.86. The second-order valence-corrected chi connectivity index (χ2v) is 6.28. The van der Waals surface area contributed by atoms with Crippen molar-refractivity contribution in [1.29, 1.82) is 0 Å². The van der Waals surface area contributed by atoms with Crippen molar-refractivity contribution in [3.05, 3.63) is 0 Å². The number of likely N-dealkylation sites (tertiary alicyclic amines) is 1. The van der Waals surface area contributed by atoms with E-state index in [9.17, 15) is 9.59 Å². The molecule has 0 aromatic rings. The first-order valence-corrected chi connectivity index (χ1v) is 7.91. The second kappa shape index (κ2) is 6.12. The summed E-state index contributed by atoms with van der Waals surface area (Å²) in [4.78, 5) is 26.3. The fraction of sp³-hybridized carbons (Fsp3) is 0.867. The van der Waals surface area contributed by atoms with Crippen molar-refractivity contribution in [2.75, 3.05) is 19.8 Å². The summed E-state index contributed by atoms with van der Waals surface area (Å²) in [6.45, 7) is 2.06. The van der Waals surface area contributed by atoms with Crippen LogP contribution in [0.5, 0.6) is 0 Å². The van der Waals surface area contributed by atoms with E-state index in [2.05, 4.69) is 5.32 Å². The van der Waals surface area contributed by atoms with Crippen LogP contribution >= 0.6 is 0 Å². The summed E-state index contributed by atoms with van der Waals surface area (Å²) in [6, 6.07) is 0.621. The van der Waals surface area contributed by atoms with Crippen molar-refractivity contribution in [1.82, 2.24) is 10.2 Å². The van der Waals surface area contributed by atoms with Gasteiger partial charge in [-0.2, -0.15) is 0 Å². The summed E-state index contributed by atoms with van der Waals surface area (Å²) in [7, 11) is 0. The Kier molecular flexibility index (Phi) is 4.24. The number of carbonyl (C=O) groups is 2. The Morgan fingerprint density at radius 2 is 1.85 bits per heavy atom. The molecule has 1 saturated carbocycles. The summed E-state index contributed by atoms with van der Waals surface area (Å²) in [5.41, 5.74) is 0. The highest BCUT2D eigenvalue weighted by atomic mass is 16.5. The Hall–Kier alpha value is -1.10. The molecule has 5 heteroatoms. The van der Waals surface area contributed by atoms with E-state index in [1.807, 2.05) is 4.90 Å². The number of hydrogen-bond acceptors (Lipinski definition) is 3. The van der Waals surface area contributed by atoms with Gasteiger partial charge in [-0.05, 0) is 25.7 Å². The molecule has 2 aliphatic heterocycles. The van der Waals surface area contributed by atoms with Crippen molar-refractivity contribution in [2.45, 2.75) is 57.0 Å². The molecule has 0 aromatic heterocycles. The SMILES string of the molecule is O=C(NC1CCCC1)C1CC(=O)N(C2CCOCC2)C1. The predicted molar refractivity (Wildman–Crippen MR) is 74.1 cm³/mol. The van der Waals surface area contributed by atoms with Gasteiger partial charge in [0.2, 0.25) is 11.8 Å². The largest absolute Gasteiger partial charge is 0.381 e. The third kappa shape index (κ3) is 2.97. The lowest BCUT2D eigenvalue weighted by molar-refractivity contribution is -0.131. The lowest BCUT2D eigenvalue weighted by atomic mass is 10.1. The summed E-state index contributed by atoms with van der Waals surface area (Å²) in [5, 5.41) is 3.12. The van der Waals surface area contributed by atoms with E-state index in [0.29, 0.717) is 19.0 Å². The molecule has 0 bridgehead atoms. The number of nitrogens with zero attached hydrogens (tertiary/aromatic N) is 1. The van der Waals surface area contributed by atoms with E-state index >= 15 is 0 Å². The van der Waals surface area contributed by atoms with E-state index in [0.717, 1.165) is 38.9 Å². The van der Waals surface area contributed by atoms with Gasteiger partial charge in [0.1, 0.15) is 0 Å². The van der Waals surface area contributed by atoms with Crippen molar-refractivity contribution < 1.29 is 14.3 Å². The first-order valence-electron chi connectivity index (χ1n) is 7.91. The molecular weight excluding hydrogens is 256 g/mol. The Morgan fingerprint density at radius 3 is 2.55 bits per heavy atom. The van der Waals surface area contributed by atoms with Gasteiger partial charge in [-0.15, -0.1) is 0 Å². The Bertz CT molecular complexity index is 373. The molecule has 0 radical (unpaired) electrons. The fourth-order valence-corrected chi connectivity index (χ4v) is 3.65. The monoisotopic (exact) mass is 280 g/mol. The van der Waals surface area contributed by atoms with Crippen molar-refractivity contribution in [2.24, 2.45) is 5.92 Å². The number of carbonyl (C=O) groups excluding carboxylic acids is 2. The third-order valence-corrected chi connectivity index (χ3v) is 4.86. The number of nitrogens with one attached hydrogen (secondary N) is 1. The molecule has 1 N–H and O–H groups in total. The van der Waals surface area contributed by atoms with E-state index in [1.54, 1.807) is 0 Å². The zero-order valence-corrected chi connectivity index (χ0v) is 12.0. The van der Waals surface area contributed by atoms with Crippen LogP contribution in [0.3, 0.4) is 0 Å². The molecule has 2 saturated heterocycles. The molecule has 112 valence electrons. The van der Waals surface area contributed by atoms with Crippen LogP contribution in [0, 0.1) is 5.92 Å². The average molecular weight is 280 g/mol. The Labute approximate surface area is 120 Å². The van der Waals surface area contributed by atoms with Crippen LogP contribution in [0.1, 0.15) is 44.9 Å². The number of hydrogen-bond donors (Lipinski definition) is 1. The average Bonchev–Trinajstić information content (AvgIpc) is 3.09. The zero-order chi connectivity index (χ0) is 13.9. The molecule has 1 atom stereocenters. The molecule has 3 fully saturated rings. The Balaban J connectivity index is 1.53. The zero-order valence-electron chi connectivity index (χ0n) is 12.0. The molecule has 0 spiro atoms. The lowest BCUT2D eigenvalue weighted by Gasteiger charge is -2.31. The summed E-state index contributed by atoms with van der Waals surface area (Å²) in [6.07, 6.45) is 6.80. The van der Waals surface area contributed by atoms with Crippen LogP contribution in [0.2, 0.25) is 0 Å². The van der Waals surface area contributed by atoms with E-state index < -0.39 is 0 Å². The first-order chi connectivity index (χ1) is 9.74. The first kappa shape index (κ1) is 13.9. The maximum atomic E-state index is 12.3. The van der Waals surface area contributed by atoms with Gasteiger partial charge < -0.3 is 15.0 Å². The molecule has 1 aliphatic carbocycles. The van der Waals surface area contributed by atoms with Gasteiger partial charge in [0.05, 0.1) is 5.92 Å². The molecular formula is C15H24N2O3. The minimum Gasteiger partial charge on any atom is -0.381 e. The number of rotatable bonds is 3. The number of amides is 2. The number of ether oxygens (including phenoxy) is 1. The van der Waals surface area contributed by atoms with Gasteiger partial charge in [0, 0.05) is 38.3 Å². The van der Waals surface area contributed by atoms with Crippen LogP contribution in [0.15, 0.2) is 0 Å². The standard InChI is InChI=1S/C15H24N2O3/c18-14-9-11(15(19)16-12-3-1-2-4-12)10-17(14)13-5-7-20-8-6-13/h11-13H,1-10H2,(H,16,19). The molecule has 0 aromatic carbocycles. The lowest BCUT2D eigenvalue weighted by Crippen LogP contribution is -2.42. The minimum absolute atomic E-state index is 0.0832. The van der Waals surface area contributed by atoms with E-state index in [-0.39, 0.29) is 23.8 Å². The minimum atomic E-state index is -0.147. The normalized spacial score (nSPS) is 29.1. The molecule has 1 unspecified atom stereocenters. The van der Waals surface area contributed by atoms with Crippen LogP contribution in [0.4, 0.5) is 0 Å². The van der Waals surface area contributed by atoms with Crippen molar-refractivity contribution in [3.63, 3.8) is 0 Å². The second-order valence-electron chi connectivity index (χ2n) is 6.28. The van der Waals surface area contributed by atoms with Crippen LogP contribution in [-0.2, 0) is 14.3 Å². The van der Waals surface area contributed by atoms with Crippen molar-refractivity contribution >= 4 is 11.8 Å². The predicted octanol–water partition coefficient (Wildman–Crippen LogP) is 1.07. The van der Waals surface area contributed by atoms with Gasteiger partial charge in [0.25, 0.3) is 0 Å². The highest BCUT2D eigenvalue weighted by molar-refractivity contribution is 5.89. The van der Waals surface area contributed by atoms with Gasteiger partial charge >= 0.3 is 0 Å². The molecule has 20 heavy (non-hydrogen) atoms. The summed E-state index contributed by atoms with van der Waals surface area (Å²) >= 11 is 0. The van der Waals surface area contributed by atoms with Gasteiger partial charge in [0.15, 0.2) is 0 Å². The highest BCUT2D eigenvalue weighted by Crippen LogP contribution is 2.26. The van der Waals surface area contributed by atoms with Crippen molar-refractivity contribution in [3.8, 4) is 0 Å². The van der Waals surface area contributed by atoms with Crippen LogP contribution in [-0.4, -0.2) is 48.6 Å². The maximum Gasteiger partial charge on any atom is 0.225 e. The van der Waals surface area contributed by atoms with Gasteiger partial charge in [-0.25, -0.2) is 0 Å². The highest BCUT2D eigenvalue weighted by Gasteiger charge is 2.38. The molecule has 5 nitrogen and oxygen atoms in total. The van der Waals surface area contributed by atoms with E-state index in [4.69, 9.17) is 4.74 Å².